The van der Waals surface area contributed by atoms with E-state index in [0.717, 1.165) is 25.9 Å². The lowest BCUT2D eigenvalue weighted by molar-refractivity contribution is -0.135. The lowest BCUT2D eigenvalue weighted by atomic mass is 10.1. The van der Waals surface area contributed by atoms with Gasteiger partial charge in [-0.1, -0.05) is 6.07 Å². The highest BCUT2D eigenvalue weighted by Crippen LogP contribution is 2.20. The minimum atomic E-state index is -0.453. The number of hydrogen-bond acceptors (Lipinski definition) is 5. The van der Waals surface area contributed by atoms with Crippen LogP contribution in [0.2, 0.25) is 0 Å². The van der Waals surface area contributed by atoms with Gasteiger partial charge in [0, 0.05) is 45.1 Å². The predicted octanol–water partition coefficient (Wildman–Crippen LogP) is 0.666. The fourth-order valence-corrected chi connectivity index (χ4v) is 3.64. The number of likely N-dealkylation sites (tertiary alicyclic amines) is 1. The van der Waals surface area contributed by atoms with Crippen molar-refractivity contribution in [2.45, 2.75) is 18.9 Å². The quantitative estimate of drug-likeness (QED) is 0.870. The van der Waals surface area contributed by atoms with Crippen molar-refractivity contribution in [3.8, 4) is 0 Å². The van der Waals surface area contributed by atoms with Crippen molar-refractivity contribution in [2.24, 2.45) is 0 Å². The molecule has 2 aliphatic heterocycles. The number of nitrogens with zero attached hydrogens (tertiary/aromatic N) is 4. The van der Waals surface area contributed by atoms with Crippen LogP contribution in [0.15, 0.2) is 30.6 Å². The zero-order valence-electron chi connectivity index (χ0n) is 14.0. The molecule has 7 heteroatoms. The average molecular weight is 339 g/mol. The summed E-state index contributed by atoms with van der Waals surface area (Å²) in [6.45, 7) is 3.28. The molecular formula is C18H21N5O2. The van der Waals surface area contributed by atoms with Gasteiger partial charge in [0.1, 0.15) is 11.6 Å². The van der Waals surface area contributed by atoms with Crippen LogP contribution >= 0.6 is 0 Å². The van der Waals surface area contributed by atoms with Crippen LogP contribution in [0.5, 0.6) is 0 Å². The van der Waals surface area contributed by atoms with E-state index < -0.39 is 6.04 Å². The van der Waals surface area contributed by atoms with Gasteiger partial charge in [0.15, 0.2) is 0 Å². The lowest BCUT2D eigenvalue weighted by Gasteiger charge is -2.37. The molecule has 2 aliphatic rings. The maximum Gasteiger partial charge on any atom is 0.256 e. The van der Waals surface area contributed by atoms with Crippen LogP contribution in [-0.4, -0.2) is 70.3 Å². The van der Waals surface area contributed by atoms with Gasteiger partial charge in [-0.3, -0.25) is 19.6 Å². The summed E-state index contributed by atoms with van der Waals surface area (Å²) in [6, 6.07) is 4.96. The van der Waals surface area contributed by atoms with E-state index in [1.165, 1.54) is 0 Å². The van der Waals surface area contributed by atoms with Gasteiger partial charge in [0.25, 0.3) is 5.91 Å². The fourth-order valence-electron chi connectivity index (χ4n) is 3.64. The van der Waals surface area contributed by atoms with E-state index in [9.17, 15) is 9.59 Å². The molecule has 25 heavy (non-hydrogen) atoms. The normalized spacial score (nSPS) is 20.9. The summed E-state index contributed by atoms with van der Waals surface area (Å²) in [6.07, 6.45) is 5.28. The van der Waals surface area contributed by atoms with Gasteiger partial charge in [-0.2, -0.15) is 0 Å². The zero-order chi connectivity index (χ0) is 17.2. The Kier molecular flexibility index (Phi) is 4.31. The first-order chi connectivity index (χ1) is 12.3. The van der Waals surface area contributed by atoms with E-state index in [2.05, 4.69) is 15.3 Å². The molecule has 3 heterocycles. The highest BCUT2D eigenvalue weighted by molar-refractivity contribution is 6.06. The van der Waals surface area contributed by atoms with E-state index >= 15 is 0 Å². The summed E-state index contributed by atoms with van der Waals surface area (Å²) >= 11 is 0. The predicted molar refractivity (Wildman–Crippen MR) is 93.0 cm³/mol. The van der Waals surface area contributed by atoms with Crippen molar-refractivity contribution >= 4 is 22.8 Å². The van der Waals surface area contributed by atoms with Crippen LogP contribution in [-0.2, 0) is 4.79 Å². The highest BCUT2D eigenvalue weighted by atomic mass is 16.2. The van der Waals surface area contributed by atoms with Crippen LogP contribution in [0.4, 0.5) is 0 Å². The van der Waals surface area contributed by atoms with Crippen molar-refractivity contribution in [1.82, 2.24) is 25.1 Å². The number of rotatable bonds is 2. The molecule has 2 amide bonds. The smallest absolute Gasteiger partial charge is 0.256 e. The monoisotopic (exact) mass is 339 g/mol. The lowest BCUT2D eigenvalue weighted by Crippen LogP contribution is -2.59. The standard InChI is InChI=1S/C18H21N5O2/c24-17(13-4-3-5-14-16(13)21-7-6-20-14)23-11-8-19-12-15(23)18(25)22-9-1-2-10-22/h3-7,15,19H,1-2,8-12H2/t15-/m1/s1. The van der Waals surface area contributed by atoms with Gasteiger partial charge >= 0.3 is 0 Å². The van der Waals surface area contributed by atoms with Crippen LogP contribution in [0.3, 0.4) is 0 Å². The minimum absolute atomic E-state index is 0.0457. The Hall–Kier alpha value is -2.54. The van der Waals surface area contributed by atoms with E-state index in [-0.39, 0.29) is 11.8 Å². The molecule has 2 aromatic rings. The molecule has 0 spiro atoms. The first-order valence-corrected chi connectivity index (χ1v) is 8.76. The second-order valence-corrected chi connectivity index (χ2v) is 6.48. The third-order valence-corrected chi connectivity index (χ3v) is 4.94. The summed E-state index contributed by atoms with van der Waals surface area (Å²) in [5.41, 5.74) is 1.78. The van der Waals surface area contributed by atoms with Crippen molar-refractivity contribution in [2.75, 3.05) is 32.7 Å². The molecule has 1 aromatic carbocycles. The first kappa shape index (κ1) is 16.0. The number of benzene rings is 1. The SMILES string of the molecule is O=C([C@H]1CNCCN1C(=O)c1cccc2nccnc12)N1CCCC1. The van der Waals surface area contributed by atoms with Crippen LogP contribution in [0.1, 0.15) is 23.2 Å². The number of hydrogen-bond donors (Lipinski definition) is 1. The number of para-hydroxylation sites is 1. The van der Waals surface area contributed by atoms with Crippen molar-refractivity contribution in [3.05, 3.63) is 36.2 Å². The Labute approximate surface area is 146 Å². The number of carbonyl (C=O) groups is 2. The molecular weight excluding hydrogens is 318 g/mol. The number of amides is 2. The van der Waals surface area contributed by atoms with Crippen LogP contribution in [0, 0.1) is 0 Å². The largest absolute Gasteiger partial charge is 0.341 e. The third kappa shape index (κ3) is 2.95. The third-order valence-electron chi connectivity index (χ3n) is 4.94. The second-order valence-electron chi connectivity index (χ2n) is 6.48. The Morgan fingerprint density at radius 1 is 1.08 bits per heavy atom. The van der Waals surface area contributed by atoms with Gasteiger partial charge < -0.3 is 15.1 Å². The maximum absolute atomic E-state index is 13.2. The molecule has 1 aromatic heterocycles. The molecule has 7 nitrogen and oxygen atoms in total. The summed E-state index contributed by atoms with van der Waals surface area (Å²) in [5.74, 6) is -0.102. The number of fused-ring (bicyclic) bond motifs is 1. The van der Waals surface area contributed by atoms with E-state index in [1.807, 2.05) is 17.0 Å². The molecule has 130 valence electrons. The Bertz CT molecular complexity index is 798. The Balaban J connectivity index is 1.65. The molecule has 0 unspecified atom stereocenters. The number of aromatic nitrogens is 2. The van der Waals surface area contributed by atoms with E-state index in [1.54, 1.807) is 23.4 Å². The van der Waals surface area contributed by atoms with Crippen LogP contribution in [0.25, 0.3) is 11.0 Å². The average Bonchev–Trinajstić information content (AvgIpc) is 3.21. The van der Waals surface area contributed by atoms with Gasteiger partial charge in [-0.15, -0.1) is 0 Å². The highest BCUT2D eigenvalue weighted by Gasteiger charge is 2.36. The van der Waals surface area contributed by atoms with E-state index in [0.29, 0.717) is 36.2 Å². The van der Waals surface area contributed by atoms with Gasteiger partial charge in [0.05, 0.1) is 11.1 Å². The van der Waals surface area contributed by atoms with Crippen molar-refractivity contribution < 1.29 is 9.59 Å². The van der Waals surface area contributed by atoms with Crippen molar-refractivity contribution in [3.63, 3.8) is 0 Å². The molecule has 0 bridgehead atoms. The molecule has 0 saturated carbocycles. The van der Waals surface area contributed by atoms with Gasteiger partial charge in [0.2, 0.25) is 5.91 Å². The Morgan fingerprint density at radius 2 is 1.88 bits per heavy atom. The van der Waals surface area contributed by atoms with Crippen LogP contribution < -0.4 is 5.32 Å². The maximum atomic E-state index is 13.2. The number of piperazine rings is 1. The molecule has 2 fully saturated rings. The zero-order valence-corrected chi connectivity index (χ0v) is 14.0. The topological polar surface area (TPSA) is 78.4 Å². The summed E-state index contributed by atoms with van der Waals surface area (Å²) in [7, 11) is 0. The second kappa shape index (κ2) is 6.76. The molecule has 4 rings (SSSR count). The summed E-state index contributed by atoms with van der Waals surface area (Å²) in [5, 5.41) is 3.24. The molecule has 2 saturated heterocycles. The Morgan fingerprint density at radius 3 is 2.72 bits per heavy atom. The van der Waals surface area contributed by atoms with Gasteiger partial charge in [-0.25, -0.2) is 0 Å². The number of nitrogens with one attached hydrogen (secondary N) is 1. The molecule has 1 N–H and O–H groups in total. The van der Waals surface area contributed by atoms with Gasteiger partial charge in [-0.05, 0) is 25.0 Å². The van der Waals surface area contributed by atoms with Crippen molar-refractivity contribution in [1.29, 1.82) is 0 Å². The summed E-state index contributed by atoms with van der Waals surface area (Å²) < 4.78 is 0. The number of carbonyl (C=O) groups excluding carboxylic acids is 2. The summed E-state index contributed by atoms with van der Waals surface area (Å²) in [4.78, 5) is 38.2. The molecule has 0 radical (unpaired) electrons. The first-order valence-electron chi connectivity index (χ1n) is 8.76. The minimum Gasteiger partial charge on any atom is -0.341 e. The van der Waals surface area contributed by atoms with E-state index in [4.69, 9.17) is 0 Å². The molecule has 1 atom stereocenters. The molecule has 0 aliphatic carbocycles. The fraction of sp³-hybridized carbons (Fsp3) is 0.444.